The highest BCUT2D eigenvalue weighted by Gasteiger charge is 2.17. The molecule has 1 aromatic carbocycles. The molecule has 0 spiro atoms. The number of anilines is 2. The van der Waals surface area contributed by atoms with Crippen LogP contribution in [0.15, 0.2) is 42.6 Å². The molecular weight excluding hydrogens is 665 g/mol. The fourth-order valence-corrected chi connectivity index (χ4v) is 6.32. The number of carbonyl (C=O) groups excluding carboxylic acids is 1. The van der Waals surface area contributed by atoms with Crippen molar-refractivity contribution >= 4 is 28.7 Å². The highest BCUT2D eigenvalue weighted by molar-refractivity contribution is 5.85. The first-order valence-electron chi connectivity index (χ1n) is 20.1. The van der Waals surface area contributed by atoms with Crippen LogP contribution in [0.2, 0.25) is 0 Å². The van der Waals surface area contributed by atoms with Crippen LogP contribution < -0.4 is 25.8 Å². The summed E-state index contributed by atoms with van der Waals surface area (Å²) in [5.74, 6) is 2.52. The van der Waals surface area contributed by atoms with Gasteiger partial charge in [-0.15, -0.1) is 0 Å². The number of nitrogens with one attached hydrogen (secondary N) is 2. The Hall–Kier alpha value is -4.12. The van der Waals surface area contributed by atoms with Crippen molar-refractivity contribution in [2.24, 2.45) is 0 Å². The molecule has 11 heteroatoms. The molecule has 11 nitrogen and oxygen atoms in total. The molecule has 0 bridgehead atoms. The van der Waals surface area contributed by atoms with E-state index in [4.69, 9.17) is 20.3 Å². The molecule has 294 valence electrons. The van der Waals surface area contributed by atoms with E-state index in [9.17, 15) is 4.79 Å². The molecule has 2 heterocycles. The second-order valence-electron chi connectivity index (χ2n) is 14.0. The molecule has 0 saturated carbocycles. The number of benzene rings is 1. The minimum Gasteiger partial charge on any atom is -0.496 e. The van der Waals surface area contributed by atoms with Crippen molar-refractivity contribution < 1.29 is 14.3 Å². The number of methoxy groups -OCH3 is 2. The topological polar surface area (TPSA) is 132 Å². The zero-order chi connectivity index (χ0) is 38.1. The van der Waals surface area contributed by atoms with Crippen LogP contribution in [-0.2, 0) is 17.9 Å². The number of fused-ring (bicyclic) bond motifs is 1. The van der Waals surface area contributed by atoms with Crippen molar-refractivity contribution in [1.29, 1.82) is 0 Å². The lowest BCUT2D eigenvalue weighted by atomic mass is 10.1. The van der Waals surface area contributed by atoms with Gasteiger partial charge in [0.25, 0.3) is 0 Å². The summed E-state index contributed by atoms with van der Waals surface area (Å²) in [6.45, 7) is 8.02. The highest BCUT2D eigenvalue weighted by Crippen LogP contribution is 2.32. The van der Waals surface area contributed by atoms with Gasteiger partial charge < -0.3 is 30.7 Å². The summed E-state index contributed by atoms with van der Waals surface area (Å²) < 4.78 is 13.5. The summed E-state index contributed by atoms with van der Waals surface area (Å²) in [6.07, 6.45) is 28.9. The van der Waals surface area contributed by atoms with Crippen LogP contribution >= 0.6 is 0 Å². The smallest absolute Gasteiger partial charge is 0.222 e. The van der Waals surface area contributed by atoms with Crippen molar-refractivity contribution in [1.82, 2.24) is 30.0 Å². The Bertz CT molecular complexity index is 1510. The summed E-state index contributed by atoms with van der Waals surface area (Å²) in [4.78, 5) is 23.4. The third kappa shape index (κ3) is 16.6. The molecule has 0 aliphatic carbocycles. The molecule has 0 aliphatic heterocycles. The Labute approximate surface area is 319 Å². The fourth-order valence-electron chi connectivity index (χ4n) is 6.32. The van der Waals surface area contributed by atoms with E-state index in [1.165, 1.54) is 44.9 Å². The zero-order valence-electron chi connectivity index (χ0n) is 33.4. The molecule has 2 aromatic heterocycles. The SMILES string of the molecule is CCCCCC=CCC=CCCCCCCCC(=O)NCCCCN(C)Cc1cc(OC)c(Cn2cc3nc(N)nc(NCCCC)c3n2)c(OC)c1. The van der Waals surface area contributed by atoms with Crippen LogP contribution in [0, 0.1) is 0 Å². The maximum Gasteiger partial charge on any atom is 0.222 e. The summed E-state index contributed by atoms with van der Waals surface area (Å²) in [5.41, 5.74) is 9.35. The van der Waals surface area contributed by atoms with Gasteiger partial charge in [-0.3, -0.25) is 9.48 Å². The Morgan fingerprint density at radius 3 is 2.23 bits per heavy atom. The van der Waals surface area contributed by atoms with Gasteiger partial charge in [0, 0.05) is 26.1 Å². The predicted octanol–water partition coefficient (Wildman–Crippen LogP) is 8.83. The van der Waals surface area contributed by atoms with Crippen LogP contribution in [0.5, 0.6) is 11.5 Å². The number of unbranched alkanes of at least 4 members (excludes halogenated alkanes) is 10. The summed E-state index contributed by atoms with van der Waals surface area (Å²) >= 11 is 0. The van der Waals surface area contributed by atoms with Crippen molar-refractivity contribution in [3.63, 3.8) is 0 Å². The van der Waals surface area contributed by atoms with E-state index in [-0.39, 0.29) is 11.9 Å². The van der Waals surface area contributed by atoms with Crippen LogP contribution in [0.3, 0.4) is 0 Å². The maximum atomic E-state index is 12.3. The molecule has 4 N–H and O–H groups in total. The van der Waals surface area contributed by atoms with Crippen molar-refractivity contribution in [3.8, 4) is 11.5 Å². The minimum absolute atomic E-state index is 0.174. The lowest BCUT2D eigenvalue weighted by Gasteiger charge is -2.20. The first-order chi connectivity index (χ1) is 25.9. The number of ether oxygens (including phenoxy) is 2. The number of rotatable bonds is 29. The average molecular weight is 733 g/mol. The minimum atomic E-state index is 0.174. The van der Waals surface area contributed by atoms with Gasteiger partial charge in [0.2, 0.25) is 11.9 Å². The summed E-state index contributed by atoms with van der Waals surface area (Å²) in [6, 6.07) is 4.14. The molecular formula is C42H68N8O3. The predicted molar refractivity (Wildman–Crippen MR) is 220 cm³/mol. The number of nitrogen functional groups attached to an aromatic ring is 1. The van der Waals surface area contributed by atoms with E-state index in [2.05, 4.69) is 82.8 Å². The van der Waals surface area contributed by atoms with E-state index < -0.39 is 0 Å². The normalized spacial score (nSPS) is 11.7. The third-order valence-corrected chi connectivity index (χ3v) is 9.33. The third-order valence-electron chi connectivity index (χ3n) is 9.33. The van der Waals surface area contributed by atoms with Crippen LogP contribution in [0.25, 0.3) is 11.0 Å². The monoisotopic (exact) mass is 733 g/mol. The van der Waals surface area contributed by atoms with Crippen LogP contribution in [0.4, 0.5) is 11.8 Å². The van der Waals surface area contributed by atoms with Gasteiger partial charge in [-0.1, -0.05) is 76.7 Å². The van der Waals surface area contributed by atoms with E-state index in [1.807, 2.05) is 10.9 Å². The second kappa shape index (κ2) is 25.8. The fraction of sp³-hybridized carbons (Fsp3) is 0.619. The van der Waals surface area contributed by atoms with Gasteiger partial charge in [-0.25, -0.2) is 4.98 Å². The number of nitrogens with zero attached hydrogens (tertiary/aromatic N) is 5. The Morgan fingerprint density at radius 1 is 0.849 bits per heavy atom. The van der Waals surface area contributed by atoms with E-state index in [0.717, 1.165) is 100 Å². The Kier molecular flexibility index (Phi) is 21.1. The van der Waals surface area contributed by atoms with Crippen LogP contribution in [-0.4, -0.2) is 71.5 Å². The van der Waals surface area contributed by atoms with Gasteiger partial charge >= 0.3 is 0 Å². The average Bonchev–Trinajstić information content (AvgIpc) is 3.55. The molecule has 0 aliphatic rings. The molecule has 3 rings (SSSR count). The van der Waals surface area contributed by atoms with Crippen molar-refractivity contribution in [2.45, 2.75) is 130 Å². The lowest BCUT2D eigenvalue weighted by molar-refractivity contribution is -0.121. The second-order valence-corrected chi connectivity index (χ2v) is 14.0. The van der Waals surface area contributed by atoms with Crippen LogP contribution in [0.1, 0.15) is 128 Å². The number of hydrogen-bond donors (Lipinski definition) is 3. The van der Waals surface area contributed by atoms with E-state index in [0.29, 0.717) is 29.8 Å². The first kappa shape index (κ1) is 43.3. The van der Waals surface area contributed by atoms with Gasteiger partial charge in [0.05, 0.1) is 32.5 Å². The Morgan fingerprint density at radius 2 is 1.53 bits per heavy atom. The molecule has 0 saturated heterocycles. The molecule has 53 heavy (non-hydrogen) atoms. The highest BCUT2D eigenvalue weighted by atomic mass is 16.5. The maximum absolute atomic E-state index is 12.3. The molecule has 0 radical (unpaired) electrons. The van der Waals surface area contributed by atoms with Crippen molar-refractivity contribution in [3.05, 3.63) is 53.8 Å². The number of allylic oxidation sites excluding steroid dienone is 4. The standard InChI is InChI=1S/C42H68N8O3/c1-6-8-10-11-12-13-14-15-16-17-18-19-20-21-22-25-39(51)44-27-23-24-28-49(3)31-34-29-37(52-4)35(38(30-34)53-5)32-50-33-36-40(48-50)41(45-26-9-7-2)47-42(43)46-36/h12-13,15-16,29-30,33H,6-11,14,17-28,31-32H2,1-5H3,(H,44,51)(H3,43,45,46,47). The molecule has 0 fully saturated rings. The number of carbonyl (C=O) groups is 1. The van der Waals surface area contributed by atoms with Gasteiger partial charge in [0.15, 0.2) is 11.3 Å². The number of nitrogens with two attached hydrogens (primary N) is 1. The largest absolute Gasteiger partial charge is 0.496 e. The lowest BCUT2D eigenvalue weighted by Crippen LogP contribution is -2.25. The molecule has 3 aromatic rings. The van der Waals surface area contributed by atoms with E-state index >= 15 is 0 Å². The van der Waals surface area contributed by atoms with Gasteiger partial charge in [0.1, 0.15) is 17.0 Å². The van der Waals surface area contributed by atoms with Crippen molar-refractivity contribution in [2.75, 3.05) is 52.0 Å². The first-order valence-corrected chi connectivity index (χ1v) is 20.1. The molecule has 1 amide bonds. The molecule has 0 atom stereocenters. The quantitative estimate of drug-likeness (QED) is 0.0473. The Balaban J connectivity index is 1.33. The number of amides is 1. The van der Waals surface area contributed by atoms with E-state index in [1.54, 1.807) is 14.2 Å². The van der Waals surface area contributed by atoms with Gasteiger partial charge in [-0.2, -0.15) is 10.1 Å². The molecule has 0 unspecified atom stereocenters. The number of hydrogen-bond acceptors (Lipinski definition) is 9. The summed E-state index contributed by atoms with van der Waals surface area (Å²) in [5, 5.41) is 11.2. The summed E-state index contributed by atoms with van der Waals surface area (Å²) in [7, 11) is 5.47. The van der Waals surface area contributed by atoms with Gasteiger partial charge in [-0.05, 0) is 89.1 Å². The number of aromatic nitrogens is 4. The zero-order valence-corrected chi connectivity index (χ0v) is 33.4.